The van der Waals surface area contributed by atoms with Gasteiger partial charge < -0.3 is 5.73 Å². The summed E-state index contributed by atoms with van der Waals surface area (Å²) in [4.78, 5) is 9.53. The first-order chi connectivity index (χ1) is 13.2. The number of nitrogens with two attached hydrogens (primary N) is 1. The number of halogens is 1. The smallest absolute Gasteiger partial charge is 0.146 e. The standard InChI is InChI=1S/C22H16ClN3S/c23-18-13-11-17(12-14-18)21-25-19(15-7-3-1-4-8-15)22(27-21)26-20(24)16-9-5-2-6-10-16/h1-14H,(H2,24,26). The largest absolute Gasteiger partial charge is 0.383 e. The molecule has 0 fully saturated rings. The molecular weight excluding hydrogens is 374 g/mol. The molecule has 132 valence electrons. The zero-order chi connectivity index (χ0) is 18.6. The Bertz CT molecular complexity index is 1070. The van der Waals surface area contributed by atoms with Crippen molar-refractivity contribution in [2.45, 2.75) is 0 Å². The highest BCUT2D eigenvalue weighted by Gasteiger charge is 2.15. The summed E-state index contributed by atoms with van der Waals surface area (Å²) in [5.41, 5.74) is 9.97. The summed E-state index contributed by atoms with van der Waals surface area (Å²) < 4.78 is 0. The van der Waals surface area contributed by atoms with Crippen LogP contribution in [0.1, 0.15) is 5.56 Å². The Morgan fingerprint density at radius 1 is 0.815 bits per heavy atom. The molecule has 4 aromatic rings. The predicted molar refractivity (Wildman–Crippen MR) is 115 cm³/mol. The van der Waals surface area contributed by atoms with Crippen molar-refractivity contribution in [1.29, 1.82) is 0 Å². The highest BCUT2D eigenvalue weighted by Crippen LogP contribution is 2.40. The van der Waals surface area contributed by atoms with Crippen LogP contribution in [0.3, 0.4) is 0 Å². The van der Waals surface area contributed by atoms with Crippen molar-refractivity contribution in [3.05, 3.63) is 95.5 Å². The molecule has 27 heavy (non-hydrogen) atoms. The second-order valence-corrected chi connectivity index (χ2v) is 7.32. The van der Waals surface area contributed by atoms with Gasteiger partial charge >= 0.3 is 0 Å². The Kier molecular flexibility index (Phi) is 5.01. The van der Waals surface area contributed by atoms with E-state index in [1.165, 1.54) is 11.3 Å². The molecule has 0 aliphatic carbocycles. The topological polar surface area (TPSA) is 51.3 Å². The zero-order valence-electron chi connectivity index (χ0n) is 14.3. The number of rotatable bonds is 4. The molecule has 0 saturated carbocycles. The van der Waals surface area contributed by atoms with Crippen molar-refractivity contribution in [2.24, 2.45) is 10.7 Å². The molecule has 0 bridgehead atoms. The molecule has 5 heteroatoms. The van der Waals surface area contributed by atoms with Crippen molar-refractivity contribution in [1.82, 2.24) is 4.98 Å². The van der Waals surface area contributed by atoms with Crippen LogP contribution in [0.2, 0.25) is 5.02 Å². The van der Waals surface area contributed by atoms with E-state index in [0.717, 1.165) is 32.4 Å². The molecule has 0 saturated heterocycles. The molecule has 2 N–H and O–H groups in total. The molecule has 0 amide bonds. The van der Waals surface area contributed by atoms with Crippen LogP contribution in [0.25, 0.3) is 21.8 Å². The zero-order valence-corrected chi connectivity index (χ0v) is 15.9. The van der Waals surface area contributed by atoms with E-state index in [-0.39, 0.29) is 0 Å². The predicted octanol–water partition coefficient (Wildman–Crippen LogP) is 6.17. The maximum absolute atomic E-state index is 6.25. The van der Waals surface area contributed by atoms with Crippen molar-refractivity contribution < 1.29 is 0 Å². The molecule has 4 rings (SSSR count). The van der Waals surface area contributed by atoms with E-state index in [4.69, 9.17) is 27.3 Å². The lowest BCUT2D eigenvalue weighted by Gasteiger charge is -2.01. The summed E-state index contributed by atoms with van der Waals surface area (Å²) in [5.74, 6) is 0.471. The number of hydrogen-bond donors (Lipinski definition) is 1. The third-order valence-electron chi connectivity index (χ3n) is 4.04. The third kappa shape index (κ3) is 3.92. The van der Waals surface area contributed by atoms with Gasteiger partial charge in [-0.1, -0.05) is 95.7 Å². The fourth-order valence-corrected chi connectivity index (χ4v) is 3.77. The first kappa shape index (κ1) is 17.5. The van der Waals surface area contributed by atoms with Crippen molar-refractivity contribution in [2.75, 3.05) is 0 Å². The van der Waals surface area contributed by atoms with Gasteiger partial charge in [0, 0.05) is 21.7 Å². The highest BCUT2D eigenvalue weighted by atomic mass is 35.5. The Hall–Kier alpha value is -2.95. The molecule has 0 radical (unpaired) electrons. The van der Waals surface area contributed by atoms with Gasteiger partial charge in [-0.2, -0.15) is 0 Å². The van der Waals surface area contributed by atoms with E-state index in [1.807, 2.05) is 84.9 Å². The summed E-state index contributed by atoms with van der Waals surface area (Å²) >= 11 is 7.53. The Labute approximate surface area is 166 Å². The Morgan fingerprint density at radius 3 is 2.11 bits per heavy atom. The van der Waals surface area contributed by atoms with Gasteiger partial charge in [-0.15, -0.1) is 0 Å². The number of thiazole rings is 1. The van der Waals surface area contributed by atoms with Gasteiger partial charge in [0.2, 0.25) is 0 Å². The maximum atomic E-state index is 6.25. The monoisotopic (exact) mass is 389 g/mol. The molecule has 0 spiro atoms. The van der Waals surface area contributed by atoms with Crippen LogP contribution in [-0.2, 0) is 0 Å². The van der Waals surface area contributed by atoms with E-state index in [0.29, 0.717) is 10.9 Å². The molecule has 0 aliphatic heterocycles. The lowest BCUT2D eigenvalue weighted by molar-refractivity contribution is 1.38. The van der Waals surface area contributed by atoms with Crippen LogP contribution in [0.4, 0.5) is 5.00 Å². The number of nitrogens with zero attached hydrogens (tertiary/aromatic N) is 2. The number of hydrogen-bond acceptors (Lipinski definition) is 3. The number of aliphatic imine (C=N–C) groups is 1. The molecule has 1 heterocycles. The molecular formula is C22H16ClN3S. The lowest BCUT2D eigenvalue weighted by Crippen LogP contribution is -2.12. The van der Waals surface area contributed by atoms with Crippen LogP contribution in [0.5, 0.6) is 0 Å². The van der Waals surface area contributed by atoms with Crippen molar-refractivity contribution in [3.63, 3.8) is 0 Å². The van der Waals surface area contributed by atoms with Gasteiger partial charge in [0.1, 0.15) is 21.5 Å². The Balaban J connectivity index is 1.83. The lowest BCUT2D eigenvalue weighted by atomic mass is 10.1. The first-order valence-corrected chi connectivity index (χ1v) is 9.62. The summed E-state index contributed by atoms with van der Waals surface area (Å²) in [6, 6.07) is 27.4. The van der Waals surface area contributed by atoms with E-state index in [9.17, 15) is 0 Å². The number of amidine groups is 1. The third-order valence-corrected chi connectivity index (χ3v) is 5.29. The normalized spacial score (nSPS) is 11.5. The van der Waals surface area contributed by atoms with Crippen LogP contribution in [-0.4, -0.2) is 10.8 Å². The summed E-state index contributed by atoms with van der Waals surface area (Å²) in [6.07, 6.45) is 0. The minimum absolute atomic E-state index is 0.471. The highest BCUT2D eigenvalue weighted by molar-refractivity contribution is 7.19. The van der Waals surface area contributed by atoms with Crippen LogP contribution in [0.15, 0.2) is 89.9 Å². The first-order valence-electron chi connectivity index (χ1n) is 8.42. The van der Waals surface area contributed by atoms with Crippen molar-refractivity contribution in [3.8, 4) is 21.8 Å². The van der Waals surface area contributed by atoms with E-state index in [2.05, 4.69) is 0 Å². The fraction of sp³-hybridized carbons (Fsp3) is 0. The van der Waals surface area contributed by atoms with Crippen LogP contribution < -0.4 is 5.73 Å². The van der Waals surface area contributed by atoms with Gasteiger partial charge in [-0.25, -0.2) is 9.98 Å². The average molecular weight is 390 g/mol. The van der Waals surface area contributed by atoms with E-state index < -0.39 is 0 Å². The molecule has 1 aromatic heterocycles. The van der Waals surface area contributed by atoms with Gasteiger partial charge in [0.15, 0.2) is 0 Å². The molecule has 0 atom stereocenters. The number of aromatic nitrogens is 1. The van der Waals surface area contributed by atoms with Gasteiger partial charge in [0.05, 0.1) is 0 Å². The second kappa shape index (κ2) is 7.74. The molecule has 3 nitrogen and oxygen atoms in total. The van der Waals surface area contributed by atoms with Crippen LogP contribution in [0, 0.1) is 0 Å². The minimum atomic E-state index is 0.471. The average Bonchev–Trinajstić information content (AvgIpc) is 3.13. The molecule has 0 aliphatic rings. The summed E-state index contributed by atoms with van der Waals surface area (Å²) in [7, 11) is 0. The summed E-state index contributed by atoms with van der Waals surface area (Å²) in [5, 5.41) is 2.36. The van der Waals surface area contributed by atoms with Gasteiger partial charge in [0.25, 0.3) is 0 Å². The Morgan fingerprint density at radius 2 is 1.44 bits per heavy atom. The van der Waals surface area contributed by atoms with Gasteiger partial charge in [-0.05, 0) is 12.1 Å². The maximum Gasteiger partial charge on any atom is 0.146 e. The number of benzene rings is 3. The van der Waals surface area contributed by atoms with Crippen LogP contribution >= 0.6 is 22.9 Å². The molecule has 3 aromatic carbocycles. The van der Waals surface area contributed by atoms with E-state index >= 15 is 0 Å². The minimum Gasteiger partial charge on any atom is -0.383 e. The van der Waals surface area contributed by atoms with Gasteiger partial charge in [-0.3, -0.25) is 0 Å². The molecule has 0 unspecified atom stereocenters. The van der Waals surface area contributed by atoms with E-state index in [1.54, 1.807) is 0 Å². The quantitative estimate of drug-likeness (QED) is 0.335. The second-order valence-electron chi connectivity index (χ2n) is 5.91. The fourth-order valence-electron chi connectivity index (χ4n) is 2.67. The summed E-state index contributed by atoms with van der Waals surface area (Å²) in [6.45, 7) is 0. The van der Waals surface area contributed by atoms with Crippen molar-refractivity contribution >= 4 is 33.8 Å². The SMILES string of the molecule is N/C(=N\c1sc(-c2ccc(Cl)cc2)nc1-c1ccccc1)c1ccccc1.